The number of nitrogens with zero attached hydrogens (tertiary/aromatic N) is 3. The van der Waals surface area contributed by atoms with Crippen LogP contribution in [-0.4, -0.2) is 60.0 Å². The Morgan fingerprint density at radius 1 is 1.35 bits per heavy atom. The lowest BCUT2D eigenvalue weighted by molar-refractivity contribution is -0.142. The van der Waals surface area contributed by atoms with Crippen molar-refractivity contribution in [1.29, 1.82) is 0 Å². The Hall–Kier alpha value is -1.46. The van der Waals surface area contributed by atoms with Crippen molar-refractivity contribution in [1.82, 2.24) is 14.8 Å². The third kappa shape index (κ3) is 5.29. The van der Waals surface area contributed by atoms with Gasteiger partial charge in [0.15, 0.2) is 0 Å². The van der Waals surface area contributed by atoms with Crippen LogP contribution in [-0.2, 0) is 11.2 Å². The minimum Gasteiger partial charge on any atom is -0.342 e. The lowest BCUT2D eigenvalue weighted by Crippen LogP contribution is -2.50. The molecule has 0 unspecified atom stereocenters. The van der Waals surface area contributed by atoms with Crippen LogP contribution in [0, 0.1) is 5.41 Å². The summed E-state index contributed by atoms with van der Waals surface area (Å²) in [4.78, 5) is 21.1. The molecule has 2 heterocycles. The first-order valence-corrected chi connectivity index (χ1v) is 8.51. The zero-order valence-corrected chi connectivity index (χ0v) is 14.7. The first-order valence-electron chi connectivity index (χ1n) is 8.51. The number of likely N-dealkylation sites (tertiary alicyclic amines) is 1. The Labute approximate surface area is 139 Å². The highest BCUT2D eigenvalue weighted by atomic mass is 16.2. The van der Waals surface area contributed by atoms with Crippen molar-refractivity contribution >= 4 is 5.91 Å². The lowest BCUT2D eigenvalue weighted by atomic mass is 9.89. The normalized spacial score (nSPS) is 16.8. The molecule has 2 rings (SSSR count). The summed E-state index contributed by atoms with van der Waals surface area (Å²) in [7, 11) is 2.09. The SMILES string of the molecule is CN(CCc1ccncc1)CC(C)(C)C(=O)N1CCC(N)CC1. The standard InChI is InChI=1S/C18H30N4O/c1-18(2,17(23)22-12-7-16(19)8-13-22)14-21(3)11-6-15-4-9-20-10-5-15/h4-5,9-10,16H,6-8,11-14,19H2,1-3H3. The summed E-state index contributed by atoms with van der Waals surface area (Å²) in [5, 5.41) is 0. The van der Waals surface area contributed by atoms with Gasteiger partial charge in [-0.1, -0.05) is 0 Å². The van der Waals surface area contributed by atoms with Gasteiger partial charge < -0.3 is 15.5 Å². The number of nitrogens with two attached hydrogens (primary N) is 1. The Kier molecular flexibility index (Phi) is 6.13. The summed E-state index contributed by atoms with van der Waals surface area (Å²) in [5.74, 6) is 0.250. The number of hydrogen-bond donors (Lipinski definition) is 1. The number of hydrogen-bond acceptors (Lipinski definition) is 4. The molecule has 2 N–H and O–H groups in total. The van der Waals surface area contributed by atoms with E-state index in [1.54, 1.807) is 0 Å². The molecule has 1 fully saturated rings. The van der Waals surface area contributed by atoms with Gasteiger partial charge in [-0.25, -0.2) is 0 Å². The number of pyridine rings is 1. The van der Waals surface area contributed by atoms with Crippen LogP contribution in [0.15, 0.2) is 24.5 Å². The van der Waals surface area contributed by atoms with E-state index in [0.717, 1.165) is 45.4 Å². The summed E-state index contributed by atoms with van der Waals surface area (Å²) in [6.45, 7) is 7.39. The van der Waals surface area contributed by atoms with Crippen molar-refractivity contribution in [3.63, 3.8) is 0 Å². The molecule has 0 radical (unpaired) electrons. The van der Waals surface area contributed by atoms with Gasteiger partial charge in [0.05, 0.1) is 5.41 Å². The fourth-order valence-corrected chi connectivity index (χ4v) is 3.22. The van der Waals surface area contributed by atoms with Crippen LogP contribution in [0.25, 0.3) is 0 Å². The zero-order chi connectivity index (χ0) is 16.9. The number of amides is 1. The molecule has 0 bridgehead atoms. The Bertz CT molecular complexity index is 495. The second kappa shape index (κ2) is 7.88. The minimum absolute atomic E-state index is 0.250. The van der Waals surface area contributed by atoms with Gasteiger partial charge in [0.2, 0.25) is 5.91 Å². The van der Waals surface area contributed by atoms with Crippen molar-refractivity contribution in [2.45, 2.75) is 39.2 Å². The average molecular weight is 318 g/mol. The topological polar surface area (TPSA) is 62.5 Å². The van der Waals surface area contributed by atoms with E-state index in [0.29, 0.717) is 0 Å². The molecular weight excluding hydrogens is 288 g/mol. The van der Waals surface area contributed by atoms with E-state index in [-0.39, 0.29) is 17.4 Å². The maximum atomic E-state index is 12.8. The number of carbonyl (C=O) groups excluding carboxylic acids is 1. The van der Waals surface area contributed by atoms with E-state index in [1.807, 2.05) is 43.3 Å². The van der Waals surface area contributed by atoms with Crippen LogP contribution >= 0.6 is 0 Å². The summed E-state index contributed by atoms with van der Waals surface area (Å²) in [6, 6.07) is 4.34. The summed E-state index contributed by atoms with van der Waals surface area (Å²) in [6.07, 6.45) is 6.45. The quantitative estimate of drug-likeness (QED) is 0.864. The zero-order valence-electron chi connectivity index (χ0n) is 14.7. The first kappa shape index (κ1) is 17.9. The van der Waals surface area contributed by atoms with E-state index in [2.05, 4.69) is 16.9 Å². The molecular formula is C18H30N4O. The van der Waals surface area contributed by atoms with Crippen LogP contribution in [0.2, 0.25) is 0 Å². The molecule has 0 aromatic carbocycles. The highest BCUT2D eigenvalue weighted by Gasteiger charge is 2.34. The molecule has 128 valence electrons. The van der Waals surface area contributed by atoms with Crippen molar-refractivity contribution in [2.75, 3.05) is 33.2 Å². The maximum absolute atomic E-state index is 12.8. The molecule has 1 saturated heterocycles. The smallest absolute Gasteiger partial charge is 0.229 e. The van der Waals surface area contributed by atoms with Gasteiger partial charge in [-0.15, -0.1) is 0 Å². The van der Waals surface area contributed by atoms with Crippen LogP contribution < -0.4 is 5.73 Å². The molecule has 5 nitrogen and oxygen atoms in total. The number of aromatic nitrogens is 1. The molecule has 0 atom stereocenters. The van der Waals surface area contributed by atoms with Gasteiger partial charge in [0.25, 0.3) is 0 Å². The predicted octanol–water partition coefficient (Wildman–Crippen LogP) is 1.53. The molecule has 1 aliphatic rings. The minimum atomic E-state index is -0.367. The van der Waals surface area contributed by atoms with Crippen LogP contribution in [0.4, 0.5) is 0 Å². The first-order chi connectivity index (χ1) is 10.9. The Morgan fingerprint density at radius 2 is 1.96 bits per heavy atom. The Morgan fingerprint density at radius 3 is 2.57 bits per heavy atom. The van der Waals surface area contributed by atoms with Gasteiger partial charge in [0.1, 0.15) is 0 Å². The molecule has 0 spiro atoms. The predicted molar refractivity (Wildman–Crippen MR) is 93.0 cm³/mol. The van der Waals surface area contributed by atoms with Crippen LogP contribution in [0.5, 0.6) is 0 Å². The summed E-state index contributed by atoms with van der Waals surface area (Å²) in [5.41, 5.74) is 6.84. The largest absolute Gasteiger partial charge is 0.342 e. The molecule has 1 aromatic rings. The summed E-state index contributed by atoms with van der Waals surface area (Å²) < 4.78 is 0. The fraction of sp³-hybridized carbons (Fsp3) is 0.667. The van der Waals surface area contributed by atoms with Gasteiger partial charge in [-0.05, 0) is 57.9 Å². The van der Waals surface area contributed by atoms with Gasteiger partial charge >= 0.3 is 0 Å². The molecule has 1 amide bonds. The average Bonchev–Trinajstić information content (AvgIpc) is 2.53. The second-order valence-electron chi connectivity index (χ2n) is 7.36. The van der Waals surface area contributed by atoms with Crippen LogP contribution in [0.3, 0.4) is 0 Å². The van der Waals surface area contributed by atoms with Crippen LogP contribution in [0.1, 0.15) is 32.3 Å². The third-order valence-electron chi connectivity index (χ3n) is 4.60. The monoisotopic (exact) mass is 318 g/mol. The van der Waals surface area contributed by atoms with Gasteiger partial charge in [-0.3, -0.25) is 9.78 Å². The summed E-state index contributed by atoms with van der Waals surface area (Å²) >= 11 is 0. The highest BCUT2D eigenvalue weighted by molar-refractivity contribution is 5.82. The number of carbonyl (C=O) groups is 1. The lowest BCUT2D eigenvalue weighted by Gasteiger charge is -2.37. The maximum Gasteiger partial charge on any atom is 0.229 e. The van der Waals surface area contributed by atoms with E-state index < -0.39 is 0 Å². The van der Waals surface area contributed by atoms with Crippen molar-refractivity contribution in [3.8, 4) is 0 Å². The van der Waals surface area contributed by atoms with Crippen molar-refractivity contribution < 1.29 is 4.79 Å². The molecule has 5 heteroatoms. The number of rotatable bonds is 6. The third-order valence-corrected chi connectivity index (χ3v) is 4.60. The van der Waals surface area contributed by atoms with Gasteiger partial charge in [0, 0.05) is 44.6 Å². The van der Waals surface area contributed by atoms with E-state index in [4.69, 9.17) is 5.73 Å². The van der Waals surface area contributed by atoms with Crippen molar-refractivity contribution in [2.24, 2.45) is 11.1 Å². The van der Waals surface area contributed by atoms with Crippen molar-refractivity contribution in [3.05, 3.63) is 30.1 Å². The van der Waals surface area contributed by atoms with E-state index in [9.17, 15) is 4.79 Å². The number of likely N-dealkylation sites (N-methyl/N-ethyl adjacent to an activating group) is 1. The van der Waals surface area contributed by atoms with E-state index >= 15 is 0 Å². The van der Waals surface area contributed by atoms with Gasteiger partial charge in [-0.2, -0.15) is 0 Å². The second-order valence-corrected chi connectivity index (χ2v) is 7.36. The molecule has 0 saturated carbocycles. The Balaban J connectivity index is 1.83. The fourth-order valence-electron chi connectivity index (χ4n) is 3.22. The highest BCUT2D eigenvalue weighted by Crippen LogP contribution is 2.23. The molecule has 1 aliphatic heterocycles. The molecule has 0 aliphatic carbocycles. The molecule has 23 heavy (non-hydrogen) atoms. The molecule has 1 aromatic heterocycles. The number of piperidine rings is 1. The van der Waals surface area contributed by atoms with E-state index in [1.165, 1.54) is 5.56 Å².